The summed E-state index contributed by atoms with van der Waals surface area (Å²) in [6, 6.07) is 5.20. The van der Waals surface area contributed by atoms with E-state index < -0.39 is 5.97 Å². The van der Waals surface area contributed by atoms with Crippen LogP contribution in [0.25, 0.3) is 0 Å². The van der Waals surface area contributed by atoms with Crippen LogP contribution >= 0.6 is 11.6 Å². The van der Waals surface area contributed by atoms with E-state index in [-0.39, 0.29) is 6.61 Å². The van der Waals surface area contributed by atoms with E-state index in [4.69, 9.17) is 16.3 Å². The molecule has 1 aromatic carbocycles. The smallest absolute Gasteiger partial charge is 0.343 e. The van der Waals surface area contributed by atoms with E-state index in [2.05, 4.69) is 4.74 Å². The van der Waals surface area contributed by atoms with Gasteiger partial charge in [0, 0.05) is 5.02 Å². The average molecular weight is 245 g/mol. The van der Waals surface area contributed by atoms with Crippen LogP contribution in [-0.4, -0.2) is 19.7 Å². The Bertz CT molecular complexity index is 337. The van der Waals surface area contributed by atoms with Crippen molar-refractivity contribution in [1.29, 1.82) is 0 Å². The Morgan fingerprint density at radius 3 is 2.50 bits per heavy atom. The molecule has 0 amide bonds. The SMILES string of the molecule is CC.COC(=O)COc1ccc(Cl)c(C)c1. The van der Waals surface area contributed by atoms with Gasteiger partial charge in [0.15, 0.2) is 6.61 Å². The highest BCUT2D eigenvalue weighted by atomic mass is 35.5. The van der Waals surface area contributed by atoms with Crippen molar-refractivity contribution < 1.29 is 14.3 Å². The van der Waals surface area contributed by atoms with Crippen LogP contribution in [-0.2, 0) is 9.53 Å². The zero-order valence-electron chi connectivity index (χ0n) is 10.0. The monoisotopic (exact) mass is 244 g/mol. The highest BCUT2D eigenvalue weighted by molar-refractivity contribution is 6.31. The molecular formula is C12H17ClO3. The van der Waals surface area contributed by atoms with Crippen molar-refractivity contribution in [2.24, 2.45) is 0 Å². The number of methoxy groups -OCH3 is 1. The standard InChI is InChI=1S/C10H11ClO3.C2H6/c1-7-5-8(3-4-9(7)11)14-6-10(12)13-2;1-2/h3-5H,6H2,1-2H3;1-2H3. The molecule has 0 saturated heterocycles. The number of carbonyl (C=O) groups is 1. The molecule has 0 aliphatic carbocycles. The summed E-state index contributed by atoms with van der Waals surface area (Å²) in [5.41, 5.74) is 0.911. The number of hydrogen-bond acceptors (Lipinski definition) is 3. The maximum absolute atomic E-state index is 10.8. The second-order valence-electron chi connectivity index (χ2n) is 2.78. The van der Waals surface area contributed by atoms with E-state index >= 15 is 0 Å². The van der Waals surface area contributed by atoms with Crippen molar-refractivity contribution in [2.45, 2.75) is 20.8 Å². The second kappa shape index (κ2) is 7.99. The molecule has 0 aliphatic heterocycles. The molecule has 0 aromatic heterocycles. The fraction of sp³-hybridized carbons (Fsp3) is 0.417. The third-order valence-corrected chi connectivity index (χ3v) is 2.14. The first-order chi connectivity index (χ1) is 7.63. The summed E-state index contributed by atoms with van der Waals surface area (Å²) in [5, 5.41) is 0.676. The van der Waals surface area contributed by atoms with Crippen LogP contribution in [0, 0.1) is 6.92 Å². The predicted molar refractivity (Wildman–Crippen MR) is 65.0 cm³/mol. The summed E-state index contributed by atoms with van der Waals surface area (Å²) in [5.74, 6) is 0.204. The summed E-state index contributed by atoms with van der Waals surface area (Å²) >= 11 is 5.82. The molecular weight excluding hydrogens is 228 g/mol. The molecule has 0 aliphatic rings. The molecule has 0 N–H and O–H groups in total. The molecule has 3 nitrogen and oxygen atoms in total. The lowest BCUT2D eigenvalue weighted by Gasteiger charge is -2.05. The van der Waals surface area contributed by atoms with E-state index in [1.54, 1.807) is 18.2 Å². The largest absolute Gasteiger partial charge is 0.482 e. The van der Waals surface area contributed by atoms with Crippen molar-refractivity contribution >= 4 is 17.6 Å². The van der Waals surface area contributed by atoms with Crippen molar-refractivity contribution in [1.82, 2.24) is 0 Å². The summed E-state index contributed by atoms with van der Waals surface area (Å²) in [4.78, 5) is 10.8. The zero-order chi connectivity index (χ0) is 12.6. The molecule has 90 valence electrons. The van der Waals surface area contributed by atoms with Crippen LogP contribution < -0.4 is 4.74 Å². The molecule has 0 saturated carbocycles. The van der Waals surface area contributed by atoms with Gasteiger partial charge in [0.25, 0.3) is 0 Å². The Labute approximate surface area is 101 Å². The van der Waals surface area contributed by atoms with Gasteiger partial charge in [-0.25, -0.2) is 4.79 Å². The van der Waals surface area contributed by atoms with Crippen LogP contribution in [0.1, 0.15) is 19.4 Å². The molecule has 0 radical (unpaired) electrons. The van der Waals surface area contributed by atoms with Gasteiger partial charge in [-0.3, -0.25) is 0 Å². The van der Waals surface area contributed by atoms with Crippen LogP contribution in [0.2, 0.25) is 5.02 Å². The van der Waals surface area contributed by atoms with Gasteiger partial charge in [-0.15, -0.1) is 0 Å². The van der Waals surface area contributed by atoms with Crippen LogP contribution in [0.5, 0.6) is 5.75 Å². The topological polar surface area (TPSA) is 35.5 Å². The number of carbonyl (C=O) groups excluding carboxylic acids is 1. The molecule has 1 aromatic rings. The molecule has 0 bridgehead atoms. The molecule has 4 heteroatoms. The summed E-state index contributed by atoms with van der Waals surface area (Å²) < 4.78 is 9.60. The first-order valence-corrected chi connectivity index (χ1v) is 5.47. The van der Waals surface area contributed by atoms with Gasteiger partial charge < -0.3 is 9.47 Å². The molecule has 16 heavy (non-hydrogen) atoms. The average Bonchev–Trinajstić information content (AvgIpc) is 2.33. The van der Waals surface area contributed by atoms with Crippen LogP contribution in [0.3, 0.4) is 0 Å². The lowest BCUT2D eigenvalue weighted by atomic mass is 10.2. The van der Waals surface area contributed by atoms with Crippen LogP contribution in [0.15, 0.2) is 18.2 Å². The number of benzene rings is 1. The minimum absolute atomic E-state index is 0.0857. The molecule has 0 heterocycles. The first-order valence-electron chi connectivity index (χ1n) is 5.09. The lowest BCUT2D eigenvalue weighted by Crippen LogP contribution is -2.12. The predicted octanol–water partition coefficient (Wildman–Crippen LogP) is 3.23. The number of hydrogen-bond donors (Lipinski definition) is 0. The van der Waals surface area contributed by atoms with Gasteiger partial charge in [-0.2, -0.15) is 0 Å². The Morgan fingerprint density at radius 2 is 2.00 bits per heavy atom. The third-order valence-electron chi connectivity index (χ3n) is 1.71. The molecule has 0 unspecified atom stereocenters. The Morgan fingerprint density at radius 1 is 1.38 bits per heavy atom. The van der Waals surface area contributed by atoms with E-state index in [9.17, 15) is 4.79 Å². The van der Waals surface area contributed by atoms with E-state index in [1.165, 1.54) is 7.11 Å². The number of esters is 1. The van der Waals surface area contributed by atoms with Gasteiger partial charge in [-0.1, -0.05) is 25.4 Å². The fourth-order valence-electron chi connectivity index (χ4n) is 0.908. The lowest BCUT2D eigenvalue weighted by molar-refractivity contribution is -0.142. The summed E-state index contributed by atoms with van der Waals surface area (Å²) in [6.45, 7) is 5.78. The minimum Gasteiger partial charge on any atom is -0.482 e. The van der Waals surface area contributed by atoms with Gasteiger partial charge >= 0.3 is 5.97 Å². The molecule has 0 spiro atoms. The second-order valence-corrected chi connectivity index (χ2v) is 3.18. The zero-order valence-corrected chi connectivity index (χ0v) is 10.8. The number of ether oxygens (including phenoxy) is 2. The number of halogens is 1. The minimum atomic E-state index is -0.405. The molecule has 0 atom stereocenters. The maximum Gasteiger partial charge on any atom is 0.343 e. The highest BCUT2D eigenvalue weighted by Crippen LogP contribution is 2.20. The van der Waals surface area contributed by atoms with E-state index in [1.807, 2.05) is 20.8 Å². The third kappa shape index (κ3) is 5.03. The van der Waals surface area contributed by atoms with Crippen molar-refractivity contribution in [2.75, 3.05) is 13.7 Å². The summed E-state index contributed by atoms with van der Waals surface area (Å²) in [6.07, 6.45) is 0. The van der Waals surface area contributed by atoms with E-state index in [0.717, 1.165) is 5.56 Å². The van der Waals surface area contributed by atoms with E-state index in [0.29, 0.717) is 10.8 Å². The molecule has 1 rings (SSSR count). The van der Waals surface area contributed by atoms with Gasteiger partial charge in [0.2, 0.25) is 0 Å². The highest BCUT2D eigenvalue weighted by Gasteiger charge is 2.02. The van der Waals surface area contributed by atoms with Gasteiger partial charge in [0.1, 0.15) is 5.75 Å². The van der Waals surface area contributed by atoms with Gasteiger partial charge in [0.05, 0.1) is 7.11 Å². The van der Waals surface area contributed by atoms with Crippen molar-refractivity contribution in [3.05, 3.63) is 28.8 Å². The fourth-order valence-corrected chi connectivity index (χ4v) is 1.03. The first kappa shape index (κ1) is 14.8. The normalized spacial score (nSPS) is 8.81. The Hall–Kier alpha value is -1.22. The number of aryl methyl sites for hydroxylation is 1. The van der Waals surface area contributed by atoms with Crippen molar-refractivity contribution in [3.63, 3.8) is 0 Å². The molecule has 0 fully saturated rings. The quantitative estimate of drug-likeness (QED) is 0.766. The Kier molecular flexibility index (Phi) is 7.38. The Balaban J connectivity index is 0.00000106. The number of rotatable bonds is 3. The maximum atomic E-state index is 10.8. The van der Waals surface area contributed by atoms with Crippen LogP contribution in [0.4, 0.5) is 0 Å². The van der Waals surface area contributed by atoms with Gasteiger partial charge in [-0.05, 0) is 30.7 Å². The van der Waals surface area contributed by atoms with Crippen molar-refractivity contribution in [3.8, 4) is 5.75 Å². The summed E-state index contributed by atoms with van der Waals surface area (Å²) in [7, 11) is 1.32.